The van der Waals surface area contributed by atoms with E-state index < -0.39 is 0 Å². The predicted molar refractivity (Wildman–Crippen MR) is 75.2 cm³/mol. The third-order valence-corrected chi connectivity index (χ3v) is 2.29. The zero-order valence-electron chi connectivity index (χ0n) is 10.3. The van der Waals surface area contributed by atoms with Crippen molar-refractivity contribution in [3.05, 3.63) is 29.3 Å². The maximum Gasteiger partial charge on any atom is 0.289 e. The zero-order chi connectivity index (χ0) is 13.4. The van der Waals surface area contributed by atoms with E-state index in [9.17, 15) is 0 Å². The van der Waals surface area contributed by atoms with Crippen LogP contribution in [0, 0.1) is 0 Å². The molecule has 4 N–H and O–H groups in total. The molecule has 0 heterocycles. The molecule has 98 valence electrons. The van der Waals surface area contributed by atoms with Gasteiger partial charge in [0.15, 0.2) is 0 Å². The molecule has 0 aliphatic heterocycles. The van der Waals surface area contributed by atoms with Gasteiger partial charge >= 0.3 is 0 Å². The summed E-state index contributed by atoms with van der Waals surface area (Å²) in [6.45, 7) is 2.59. The lowest BCUT2D eigenvalue weighted by molar-refractivity contribution is 0.292. The van der Waals surface area contributed by atoms with E-state index in [1.165, 1.54) is 0 Å². The van der Waals surface area contributed by atoms with Crippen molar-refractivity contribution in [2.75, 3.05) is 6.61 Å². The van der Waals surface area contributed by atoms with E-state index >= 15 is 0 Å². The molecule has 0 aromatic heterocycles. The van der Waals surface area contributed by atoms with Crippen molar-refractivity contribution in [1.29, 1.82) is 0 Å². The smallest absolute Gasteiger partial charge is 0.289 e. The van der Waals surface area contributed by atoms with Crippen LogP contribution >= 0.6 is 11.6 Å². The summed E-state index contributed by atoms with van der Waals surface area (Å²) in [5.74, 6) is 0.0475. The van der Waals surface area contributed by atoms with Gasteiger partial charge in [0.25, 0.3) is 6.02 Å². The highest BCUT2D eigenvalue weighted by Gasteiger charge is 1.96. The van der Waals surface area contributed by atoms with Gasteiger partial charge in [0.2, 0.25) is 5.96 Å². The van der Waals surface area contributed by atoms with Crippen LogP contribution in [0.15, 0.2) is 34.3 Å². The first-order valence-corrected chi connectivity index (χ1v) is 6.06. The minimum Gasteiger partial charge on any atom is -0.465 e. The van der Waals surface area contributed by atoms with Gasteiger partial charge in [-0.25, -0.2) is 4.99 Å². The van der Waals surface area contributed by atoms with Crippen LogP contribution in [-0.4, -0.2) is 18.6 Å². The minimum atomic E-state index is 0.0265. The van der Waals surface area contributed by atoms with E-state index in [4.69, 9.17) is 27.8 Å². The number of ether oxygens (including phenoxy) is 1. The summed E-state index contributed by atoms with van der Waals surface area (Å²) in [4.78, 5) is 7.89. The van der Waals surface area contributed by atoms with Crippen molar-refractivity contribution in [3.63, 3.8) is 0 Å². The van der Waals surface area contributed by atoms with Crippen LogP contribution < -0.4 is 11.5 Å². The Morgan fingerprint density at radius 1 is 1.28 bits per heavy atom. The second kappa shape index (κ2) is 7.55. The lowest BCUT2D eigenvalue weighted by Gasteiger charge is -2.03. The molecule has 1 aromatic rings. The molecule has 0 spiro atoms. The van der Waals surface area contributed by atoms with Gasteiger partial charge in [-0.3, -0.25) is 0 Å². The Kier molecular flexibility index (Phi) is 6.00. The van der Waals surface area contributed by atoms with Crippen molar-refractivity contribution in [3.8, 4) is 0 Å². The Labute approximate surface area is 112 Å². The van der Waals surface area contributed by atoms with E-state index in [0.717, 1.165) is 12.8 Å². The van der Waals surface area contributed by atoms with Crippen LogP contribution in [0.25, 0.3) is 0 Å². The Hall–Kier alpha value is -1.75. The minimum absolute atomic E-state index is 0.0265. The normalized spacial score (nSPS) is 12.6. The molecule has 5 nitrogen and oxygen atoms in total. The first-order chi connectivity index (χ1) is 8.61. The number of aliphatic imine (C=N–C) groups is 2. The second-order valence-electron chi connectivity index (χ2n) is 3.60. The van der Waals surface area contributed by atoms with Gasteiger partial charge in [-0.05, 0) is 30.7 Å². The fourth-order valence-electron chi connectivity index (χ4n) is 1.14. The fourth-order valence-corrected chi connectivity index (χ4v) is 1.27. The molecule has 0 aliphatic carbocycles. The molecular weight excluding hydrogens is 252 g/mol. The molecule has 0 saturated heterocycles. The Balaban J connectivity index is 2.60. The summed E-state index contributed by atoms with van der Waals surface area (Å²) in [5, 5.41) is 0.637. The van der Waals surface area contributed by atoms with Gasteiger partial charge in [0.1, 0.15) is 0 Å². The quantitative estimate of drug-likeness (QED) is 0.499. The number of amidine groups is 1. The molecule has 1 aromatic carbocycles. The van der Waals surface area contributed by atoms with E-state index in [2.05, 4.69) is 16.9 Å². The van der Waals surface area contributed by atoms with E-state index in [1.54, 1.807) is 24.3 Å². The Morgan fingerprint density at radius 2 is 1.94 bits per heavy atom. The highest BCUT2D eigenvalue weighted by atomic mass is 35.5. The van der Waals surface area contributed by atoms with Crippen LogP contribution in [-0.2, 0) is 4.74 Å². The lowest BCUT2D eigenvalue weighted by atomic mass is 10.3. The number of benzene rings is 1. The number of nitrogens with zero attached hydrogens (tertiary/aromatic N) is 2. The van der Waals surface area contributed by atoms with E-state index in [1.807, 2.05) is 0 Å². The van der Waals surface area contributed by atoms with Crippen LogP contribution in [0.4, 0.5) is 5.69 Å². The number of halogens is 1. The zero-order valence-corrected chi connectivity index (χ0v) is 11.0. The molecular formula is C12H17ClN4O. The van der Waals surface area contributed by atoms with Crippen LogP contribution in [0.1, 0.15) is 19.8 Å². The summed E-state index contributed by atoms with van der Waals surface area (Å²) in [6.07, 6.45) is 1.95. The van der Waals surface area contributed by atoms with Crippen molar-refractivity contribution in [1.82, 2.24) is 0 Å². The standard InChI is InChI=1S/C12H17ClN4O/c1-2-3-8-18-12(15)17-11(14)16-10-6-4-9(13)5-7-10/h4-7H,2-3,8H2,1H3,(H4,14,15,16,17). The highest BCUT2D eigenvalue weighted by molar-refractivity contribution is 6.30. The number of guanidine groups is 1. The van der Waals surface area contributed by atoms with Gasteiger partial charge < -0.3 is 16.2 Å². The summed E-state index contributed by atoms with van der Waals surface area (Å²) in [7, 11) is 0. The van der Waals surface area contributed by atoms with Crippen LogP contribution in [0.2, 0.25) is 5.02 Å². The topological polar surface area (TPSA) is 86.0 Å². The molecule has 0 amide bonds. The predicted octanol–water partition coefficient (Wildman–Crippen LogP) is 2.42. The summed E-state index contributed by atoms with van der Waals surface area (Å²) >= 11 is 5.76. The van der Waals surface area contributed by atoms with Crippen molar-refractivity contribution in [2.24, 2.45) is 21.5 Å². The molecule has 0 bridgehead atoms. The highest BCUT2D eigenvalue weighted by Crippen LogP contribution is 2.15. The molecule has 0 atom stereocenters. The number of unbranched alkanes of at least 4 members (excludes halogenated alkanes) is 1. The number of hydrogen-bond acceptors (Lipinski definition) is 2. The SMILES string of the molecule is CCCCOC(N)=NC(N)=Nc1ccc(Cl)cc1. The van der Waals surface area contributed by atoms with Crippen molar-refractivity contribution < 1.29 is 4.74 Å². The molecule has 0 aliphatic rings. The Morgan fingerprint density at radius 3 is 2.56 bits per heavy atom. The number of rotatable bonds is 4. The summed E-state index contributed by atoms with van der Waals surface area (Å²) in [5.41, 5.74) is 11.8. The fraction of sp³-hybridized carbons (Fsp3) is 0.333. The van der Waals surface area contributed by atoms with Crippen molar-refractivity contribution >= 4 is 29.3 Å². The maximum atomic E-state index is 5.76. The largest absolute Gasteiger partial charge is 0.465 e. The van der Waals surface area contributed by atoms with Gasteiger partial charge in [0.05, 0.1) is 12.3 Å². The average molecular weight is 269 g/mol. The molecule has 1 rings (SSSR count). The second-order valence-corrected chi connectivity index (χ2v) is 4.03. The third-order valence-electron chi connectivity index (χ3n) is 2.04. The molecule has 0 unspecified atom stereocenters. The third kappa shape index (κ3) is 5.54. The summed E-state index contributed by atoms with van der Waals surface area (Å²) < 4.78 is 5.16. The van der Waals surface area contributed by atoms with Gasteiger partial charge in [-0.1, -0.05) is 24.9 Å². The molecule has 0 fully saturated rings. The van der Waals surface area contributed by atoms with Gasteiger partial charge in [-0.15, -0.1) is 0 Å². The van der Waals surface area contributed by atoms with Crippen molar-refractivity contribution in [2.45, 2.75) is 19.8 Å². The molecule has 0 radical (unpaired) electrons. The molecule has 18 heavy (non-hydrogen) atoms. The van der Waals surface area contributed by atoms with Gasteiger partial charge in [0, 0.05) is 5.02 Å². The Bertz CT molecular complexity index is 428. The number of hydrogen-bond donors (Lipinski definition) is 2. The maximum absolute atomic E-state index is 5.76. The number of nitrogens with two attached hydrogens (primary N) is 2. The van der Waals surface area contributed by atoms with Crippen LogP contribution in [0.3, 0.4) is 0 Å². The van der Waals surface area contributed by atoms with Crippen LogP contribution in [0.5, 0.6) is 0 Å². The monoisotopic (exact) mass is 268 g/mol. The van der Waals surface area contributed by atoms with Gasteiger partial charge in [-0.2, -0.15) is 4.99 Å². The van der Waals surface area contributed by atoms with E-state index in [-0.39, 0.29) is 12.0 Å². The lowest BCUT2D eigenvalue weighted by Crippen LogP contribution is -2.21. The first kappa shape index (κ1) is 14.3. The average Bonchev–Trinajstić information content (AvgIpc) is 2.32. The summed E-state index contributed by atoms with van der Waals surface area (Å²) in [6, 6.07) is 6.94. The van der Waals surface area contributed by atoms with E-state index in [0.29, 0.717) is 17.3 Å². The molecule has 0 saturated carbocycles. The molecule has 6 heteroatoms. The first-order valence-electron chi connectivity index (χ1n) is 5.68.